The highest BCUT2D eigenvalue weighted by Gasteiger charge is 2.22. The van der Waals surface area contributed by atoms with Gasteiger partial charge in [0, 0.05) is 6.04 Å². The molecule has 0 aliphatic carbocycles. The normalized spacial score (nSPS) is 14.6. The average Bonchev–Trinajstić information content (AvgIpc) is 2.13. The molecule has 0 aliphatic rings. The number of carbonyl (C=O) groups excluding carboxylic acids is 1. The summed E-state index contributed by atoms with van der Waals surface area (Å²) in [5.41, 5.74) is 0. The summed E-state index contributed by atoms with van der Waals surface area (Å²) in [6.45, 7) is 5.74. The first-order valence-corrected chi connectivity index (χ1v) is 5.42. The number of carbonyl (C=O) groups is 2. The number of nitrogens with one attached hydrogen (secondary N) is 1. The lowest BCUT2D eigenvalue weighted by Crippen LogP contribution is -2.44. The molecular weight excluding hydrogens is 210 g/mol. The summed E-state index contributed by atoms with van der Waals surface area (Å²) in [5, 5.41) is 11.6. The Kier molecular flexibility index (Phi) is 6.72. The van der Waals surface area contributed by atoms with Gasteiger partial charge < -0.3 is 15.2 Å². The van der Waals surface area contributed by atoms with Gasteiger partial charge in [0.05, 0.1) is 13.5 Å². The van der Waals surface area contributed by atoms with E-state index in [4.69, 9.17) is 5.11 Å². The lowest BCUT2D eigenvalue weighted by atomic mass is 10.0. The van der Waals surface area contributed by atoms with E-state index in [1.54, 1.807) is 6.92 Å². The number of esters is 1. The summed E-state index contributed by atoms with van der Waals surface area (Å²) < 4.78 is 4.67. The molecule has 0 heterocycles. The molecule has 5 nitrogen and oxygen atoms in total. The molecular formula is C11H21NO4. The predicted octanol–water partition coefficient (Wildman–Crippen LogP) is 1.03. The number of aliphatic carboxylic acids is 1. The number of hydrogen-bond acceptors (Lipinski definition) is 4. The van der Waals surface area contributed by atoms with Crippen molar-refractivity contribution in [1.82, 2.24) is 5.32 Å². The van der Waals surface area contributed by atoms with Crippen LogP contribution >= 0.6 is 0 Å². The minimum atomic E-state index is -0.881. The summed E-state index contributed by atoms with van der Waals surface area (Å²) in [6, 6.07) is -0.681. The van der Waals surface area contributed by atoms with Crippen LogP contribution in [0, 0.1) is 5.92 Å². The van der Waals surface area contributed by atoms with Gasteiger partial charge >= 0.3 is 11.9 Å². The Hall–Kier alpha value is -1.10. The SMILES string of the molecule is COC(=O)C(CC(C)C)NC(C)CC(=O)O. The largest absolute Gasteiger partial charge is 0.481 e. The van der Waals surface area contributed by atoms with Gasteiger partial charge in [-0.1, -0.05) is 13.8 Å². The third-order valence-electron chi connectivity index (χ3n) is 2.16. The first-order chi connectivity index (χ1) is 7.36. The van der Waals surface area contributed by atoms with Gasteiger partial charge in [-0.15, -0.1) is 0 Å². The number of carboxylic acids is 1. The van der Waals surface area contributed by atoms with Crippen molar-refractivity contribution in [2.45, 2.75) is 45.7 Å². The van der Waals surface area contributed by atoms with Gasteiger partial charge in [0.15, 0.2) is 0 Å². The molecule has 2 unspecified atom stereocenters. The van der Waals surface area contributed by atoms with Crippen LogP contribution in [-0.4, -0.2) is 36.2 Å². The van der Waals surface area contributed by atoms with Gasteiger partial charge in [-0.25, -0.2) is 0 Å². The molecule has 0 saturated carbocycles. The molecule has 5 heteroatoms. The van der Waals surface area contributed by atoms with Crippen LogP contribution in [0.3, 0.4) is 0 Å². The molecule has 0 aromatic carbocycles. The zero-order chi connectivity index (χ0) is 12.7. The molecule has 0 bridgehead atoms. The minimum Gasteiger partial charge on any atom is -0.481 e. The number of rotatable bonds is 7. The van der Waals surface area contributed by atoms with Crippen molar-refractivity contribution in [3.8, 4) is 0 Å². The first kappa shape index (κ1) is 14.9. The van der Waals surface area contributed by atoms with E-state index >= 15 is 0 Å². The first-order valence-electron chi connectivity index (χ1n) is 5.42. The van der Waals surface area contributed by atoms with Crippen LogP contribution in [0.25, 0.3) is 0 Å². The number of carboxylic acid groups (broad SMARTS) is 1. The molecule has 0 saturated heterocycles. The summed E-state index contributed by atoms with van der Waals surface area (Å²) >= 11 is 0. The van der Waals surface area contributed by atoms with Gasteiger partial charge in [0.1, 0.15) is 6.04 Å². The highest BCUT2D eigenvalue weighted by atomic mass is 16.5. The highest BCUT2D eigenvalue weighted by molar-refractivity contribution is 5.75. The number of methoxy groups -OCH3 is 1. The van der Waals surface area contributed by atoms with E-state index in [2.05, 4.69) is 10.1 Å². The van der Waals surface area contributed by atoms with Crippen LogP contribution in [0.15, 0.2) is 0 Å². The fourth-order valence-electron chi connectivity index (χ4n) is 1.51. The Bertz CT molecular complexity index is 240. The van der Waals surface area contributed by atoms with Crippen molar-refractivity contribution in [1.29, 1.82) is 0 Å². The van der Waals surface area contributed by atoms with Crippen molar-refractivity contribution in [3.05, 3.63) is 0 Å². The molecule has 0 aliphatic heterocycles. The molecule has 0 fully saturated rings. The third-order valence-corrected chi connectivity index (χ3v) is 2.16. The van der Waals surface area contributed by atoms with E-state index in [9.17, 15) is 9.59 Å². The van der Waals surface area contributed by atoms with Gasteiger partial charge in [-0.05, 0) is 19.3 Å². The van der Waals surface area contributed by atoms with Gasteiger partial charge in [-0.3, -0.25) is 9.59 Å². The van der Waals surface area contributed by atoms with E-state index < -0.39 is 12.0 Å². The Balaban J connectivity index is 4.30. The standard InChI is InChI=1S/C11H21NO4/c1-7(2)5-9(11(15)16-4)12-8(3)6-10(13)14/h7-9,12H,5-6H2,1-4H3,(H,13,14). The Morgan fingerprint density at radius 1 is 1.31 bits per heavy atom. The summed E-state index contributed by atoms with van der Waals surface area (Å²) in [5.74, 6) is -0.882. The summed E-state index contributed by atoms with van der Waals surface area (Å²) in [6.07, 6.45) is 0.627. The molecule has 0 amide bonds. The smallest absolute Gasteiger partial charge is 0.322 e. The summed E-state index contributed by atoms with van der Waals surface area (Å²) in [7, 11) is 1.33. The molecule has 0 rings (SSSR count). The van der Waals surface area contributed by atoms with Crippen LogP contribution in [0.2, 0.25) is 0 Å². The number of ether oxygens (including phenoxy) is 1. The zero-order valence-electron chi connectivity index (χ0n) is 10.3. The van der Waals surface area contributed by atoms with Crippen LogP contribution in [0.5, 0.6) is 0 Å². The third kappa shape index (κ3) is 6.40. The van der Waals surface area contributed by atoms with Crippen LogP contribution in [-0.2, 0) is 14.3 Å². The maximum absolute atomic E-state index is 11.4. The molecule has 2 atom stereocenters. The Morgan fingerprint density at radius 3 is 2.25 bits per heavy atom. The Morgan fingerprint density at radius 2 is 1.88 bits per heavy atom. The van der Waals surface area contributed by atoms with E-state index in [1.807, 2.05) is 13.8 Å². The molecule has 0 aromatic rings. The van der Waals surface area contributed by atoms with Crippen molar-refractivity contribution in [2.75, 3.05) is 7.11 Å². The second-order valence-corrected chi connectivity index (χ2v) is 4.37. The zero-order valence-corrected chi connectivity index (χ0v) is 10.3. The molecule has 94 valence electrons. The second-order valence-electron chi connectivity index (χ2n) is 4.37. The lowest BCUT2D eigenvalue weighted by molar-refractivity contribution is -0.144. The van der Waals surface area contributed by atoms with E-state index in [-0.39, 0.29) is 18.4 Å². The average molecular weight is 231 g/mol. The minimum absolute atomic E-state index is 0.00834. The van der Waals surface area contributed by atoms with Crippen LogP contribution in [0.1, 0.15) is 33.6 Å². The van der Waals surface area contributed by atoms with Crippen molar-refractivity contribution in [2.24, 2.45) is 5.92 Å². The van der Waals surface area contributed by atoms with E-state index in [0.29, 0.717) is 12.3 Å². The molecule has 16 heavy (non-hydrogen) atoms. The van der Waals surface area contributed by atoms with Gasteiger partial charge in [-0.2, -0.15) is 0 Å². The Labute approximate surface area is 96.2 Å². The van der Waals surface area contributed by atoms with Crippen molar-refractivity contribution >= 4 is 11.9 Å². The quantitative estimate of drug-likeness (QED) is 0.640. The molecule has 0 aromatic heterocycles. The maximum atomic E-state index is 11.4. The summed E-state index contributed by atoms with van der Waals surface area (Å²) in [4.78, 5) is 21.9. The van der Waals surface area contributed by atoms with E-state index in [1.165, 1.54) is 7.11 Å². The fraction of sp³-hybridized carbons (Fsp3) is 0.818. The highest BCUT2D eigenvalue weighted by Crippen LogP contribution is 2.07. The van der Waals surface area contributed by atoms with Crippen LogP contribution < -0.4 is 5.32 Å². The van der Waals surface area contributed by atoms with Gasteiger partial charge in [0.2, 0.25) is 0 Å². The number of hydrogen-bond donors (Lipinski definition) is 2. The second kappa shape index (κ2) is 7.22. The van der Waals surface area contributed by atoms with E-state index in [0.717, 1.165) is 0 Å². The molecule has 0 spiro atoms. The maximum Gasteiger partial charge on any atom is 0.322 e. The van der Waals surface area contributed by atoms with Crippen molar-refractivity contribution < 1.29 is 19.4 Å². The predicted molar refractivity (Wildman–Crippen MR) is 60.1 cm³/mol. The van der Waals surface area contributed by atoms with Gasteiger partial charge in [0.25, 0.3) is 0 Å². The molecule has 2 N–H and O–H groups in total. The monoisotopic (exact) mass is 231 g/mol. The molecule has 0 radical (unpaired) electrons. The van der Waals surface area contributed by atoms with Crippen LogP contribution in [0.4, 0.5) is 0 Å². The fourth-order valence-corrected chi connectivity index (χ4v) is 1.51. The van der Waals surface area contributed by atoms with Crippen molar-refractivity contribution in [3.63, 3.8) is 0 Å². The lowest BCUT2D eigenvalue weighted by Gasteiger charge is -2.21. The topological polar surface area (TPSA) is 75.6 Å².